The Morgan fingerprint density at radius 1 is 0.941 bits per heavy atom. The molecule has 178 valence electrons. The molecule has 3 aromatic rings. The quantitative estimate of drug-likeness (QED) is 0.502. The third-order valence-corrected chi connectivity index (χ3v) is 6.17. The zero-order chi connectivity index (χ0) is 23.9. The van der Waals surface area contributed by atoms with Crippen LogP contribution in [0.2, 0.25) is 0 Å². The first-order chi connectivity index (χ1) is 16.6. The molecule has 0 radical (unpaired) electrons. The average molecular weight is 463 g/mol. The van der Waals surface area contributed by atoms with Gasteiger partial charge in [0, 0.05) is 17.8 Å². The van der Waals surface area contributed by atoms with E-state index < -0.39 is 11.9 Å². The van der Waals surface area contributed by atoms with Gasteiger partial charge in [-0.25, -0.2) is 0 Å². The molecule has 1 aliphatic rings. The van der Waals surface area contributed by atoms with Crippen molar-refractivity contribution in [2.45, 2.75) is 44.2 Å². The molecule has 0 saturated heterocycles. The van der Waals surface area contributed by atoms with Gasteiger partial charge < -0.3 is 19.2 Å². The van der Waals surface area contributed by atoms with Crippen molar-refractivity contribution in [3.8, 4) is 11.5 Å². The zero-order valence-electron chi connectivity index (χ0n) is 19.5. The Morgan fingerprint density at radius 2 is 1.68 bits per heavy atom. The largest absolute Gasteiger partial charge is 0.493 e. The second kappa shape index (κ2) is 10.9. The van der Waals surface area contributed by atoms with Gasteiger partial charge in [-0.05, 0) is 42.7 Å². The smallest absolute Gasteiger partial charge is 0.294 e. The van der Waals surface area contributed by atoms with Crippen molar-refractivity contribution < 1.29 is 23.5 Å². The molecule has 1 fully saturated rings. The lowest BCUT2D eigenvalue weighted by molar-refractivity contribution is -0.123. The van der Waals surface area contributed by atoms with Gasteiger partial charge in [0.25, 0.3) is 5.91 Å². The highest BCUT2D eigenvalue weighted by atomic mass is 16.5. The number of furan rings is 1. The number of amides is 2. The van der Waals surface area contributed by atoms with E-state index in [1.807, 2.05) is 30.3 Å². The molecular formula is C27H30N2O5. The molecule has 0 spiro atoms. The highest BCUT2D eigenvalue weighted by Crippen LogP contribution is 2.36. The van der Waals surface area contributed by atoms with E-state index in [1.165, 1.54) is 24.7 Å². The second-order valence-corrected chi connectivity index (χ2v) is 8.35. The molecule has 1 N–H and O–H groups in total. The Bertz CT molecular complexity index is 1090. The summed E-state index contributed by atoms with van der Waals surface area (Å²) in [7, 11) is 3.08. The molecule has 1 aliphatic carbocycles. The van der Waals surface area contributed by atoms with Crippen LogP contribution in [0.25, 0.3) is 0 Å². The van der Waals surface area contributed by atoms with Crippen LogP contribution in [-0.4, -0.2) is 32.1 Å². The van der Waals surface area contributed by atoms with Gasteiger partial charge in [-0.3, -0.25) is 14.5 Å². The molecule has 1 aromatic heterocycles. The normalized spacial score (nSPS) is 14.8. The van der Waals surface area contributed by atoms with Crippen LogP contribution in [-0.2, 0) is 4.79 Å². The Balaban J connectivity index is 1.80. The number of ether oxygens (including phenoxy) is 2. The lowest BCUT2D eigenvalue weighted by atomic mass is 9.94. The van der Waals surface area contributed by atoms with Gasteiger partial charge in [0.1, 0.15) is 6.04 Å². The third-order valence-electron chi connectivity index (χ3n) is 6.17. The Hall–Kier alpha value is -3.74. The summed E-state index contributed by atoms with van der Waals surface area (Å²) < 4.78 is 16.3. The monoisotopic (exact) mass is 462 g/mol. The number of carbonyl (C=O) groups is 2. The van der Waals surface area contributed by atoms with E-state index in [0.717, 1.165) is 25.7 Å². The maximum absolute atomic E-state index is 13.8. The first-order valence-electron chi connectivity index (χ1n) is 11.6. The van der Waals surface area contributed by atoms with Crippen molar-refractivity contribution in [3.63, 3.8) is 0 Å². The highest BCUT2D eigenvalue weighted by molar-refractivity contribution is 6.08. The molecule has 2 amide bonds. The molecule has 1 heterocycles. The molecule has 2 aromatic carbocycles. The number of carbonyl (C=O) groups excluding carboxylic acids is 2. The van der Waals surface area contributed by atoms with Crippen LogP contribution in [0.1, 0.15) is 54.3 Å². The summed E-state index contributed by atoms with van der Waals surface area (Å²) in [5, 5.41) is 3.20. The number of benzene rings is 2. The lowest BCUT2D eigenvalue weighted by Gasteiger charge is -2.33. The van der Waals surface area contributed by atoms with Crippen molar-refractivity contribution >= 4 is 17.5 Å². The van der Waals surface area contributed by atoms with Gasteiger partial charge in [0.15, 0.2) is 17.3 Å². The SMILES string of the molecule is COc1ccc(N(C(=O)c2ccco2)C(C(=O)NC2CCCCC2)c2ccccc2)cc1OC. The molecule has 4 rings (SSSR count). The average Bonchev–Trinajstić information content (AvgIpc) is 3.42. The van der Waals surface area contributed by atoms with E-state index in [2.05, 4.69) is 5.32 Å². The van der Waals surface area contributed by atoms with E-state index >= 15 is 0 Å². The molecule has 0 bridgehead atoms. The van der Waals surface area contributed by atoms with Crippen LogP contribution in [0.15, 0.2) is 71.3 Å². The number of anilines is 1. The molecule has 7 nitrogen and oxygen atoms in total. The molecule has 1 saturated carbocycles. The zero-order valence-corrected chi connectivity index (χ0v) is 19.5. The van der Waals surface area contributed by atoms with Crippen LogP contribution >= 0.6 is 0 Å². The molecule has 34 heavy (non-hydrogen) atoms. The van der Waals surface area contributed by atoms with E-state index in [0.29, 0.717) is 22.7 Å². The Kier molecular flexibility index (Phi) is 7.52. The van der Waals surface area contributed by atoms with E-state index in [1.54, 1.807) is 37.4 Å². The summed E-state index contributed by atoms with van der Waals surface area (Å²) in [6, 6.07) is 16.9. The first-order valence-corrected chi connectivity index (χ1v) is 11.6. The summed E-state index contributed by atoms with van der Waals surface area (Å²) >= 11 is 0. The molecular weight excluding hydrogens is 432 g/mol. The summed E-state index contributed by atoms with van der Waals surface area (Å²) in [5.41, 5.74) is 1.19. The van der Waals surface area contributed by atoms with Gasteiger partial charge in [-0.2, -0.15) is 0 Å². The van der Waals surface area contributed by atoms with Crippen LogP contribution in [0.3, 0.4) is 0 Å². The minimum atomic E-state index is -0.904. The predicted molar refractivity (Wildman–Crippen MR) is 129 cm³/mol. The number of methoxy groups -OCH3 is 2. The van der Waals surface area contributed by atoms with Crippen molar-refractivity contribution in [1.82, 2.24) is 5.32 Å². The fraction of sp³-hybridized carbons (Fsp3) is 0.333. The summed E-state index contributed by atoms with van der Waals surface area (Å²) in [6.45, 7) is 0. The van der Waals surface area contributed by atoms with Crippen molar-refractivity contribution in [3.05, 3.63) is 78.3 Å². The molecule has 7 heteroatoms. The second-order valence-electron chi connectivity index (χ2n) is 8.35. The van der Waals surface area contributed by atoms with Gasteiger partial charge in [-0.1, -0.05) is 49.6 Å². The fourth-order valence-corrected chi connectivity index (χ4v) is 4.46. The van der Waals surface area contributed by atoms with E-state index in [-0.39, 0.29) is 17.7 Å². The standard InChI is InChI=1S/C27H30N2O5/c1-32-22-16-15-21(18-24(22)33-2)29(27(31)23-14-9-17-34-23)25(19-10-5-3-6-11-19)26(30)28-20-12-7-4-8-13-20/h3,5-6,9-11,14-18,20,25H,4,7-8,12-13H2,1-2H3,(H,28,30). The Labute approximate surface area is 199 Å². The number of rotatable bonds is 8. The van der Waals surface area contributed by atoms with Gasteiger partial charge in [0.05, 0.1) is 20.5 Å². The first kappa shape index (κ1) is 23.4. The lowest BCUT2D eigenvalue weighted by Crippen LogP contribution is -2.47. The number of nitrogens with one attached hydrogen (secondary N) is 1. The van der Waals surface area contributed by atoms with Crippen LogP contribution in [0.4, 0.5) is 5.69 Å². The molecule has 1 atom stereocenters. The molecule has 1 unspecified atom stereocenters. The molecule has 0 aliphatic heterocycles. The topological polar surface area (TPSA) is 81.0 Å². The van der Waals surface area contributed by atoms with Crippen molar-refractivity contribution in [1.29, 1.82) is 0 Å². The minimum absolute atomic E-state index is 0.0958. The predicted octanol–water partition coefficient (Wildman–Crippen LogP) is 5.13. The summed E-state index contributed by atoms with van der Waals surface area (Å²) in [5.74, 6) is 0.468. The van der Waals surface area contributed by atoms with Gasteiger partial charge in [0.2, 0.25) is 5.91 Å². The van der Waals surface area contributed by atoms with E-state index in [9.17, 15) is 9.59 Å². The third kappa shape index (κ3) is 5.09. The summed E-state index contributed by atoms with van der Waals surface area (Å²) in [6.07, 6.45) is 6.69. The number of nitrogens with zero attached hydrogens (tertiary/aromatic N) is 1. The van der Waals surface area contributed by atoms with Crippen molar-refractivity contribution in [2.75, 3.05) is 19.1 Å². The maximum atomic E-state index is 13.8. The van der Waals surface area contributed by atoms with Crippen molar-refractivity contribution in [2.24, 2.45) is 0 Å². The van der Waals surface area contributed by atoms with Crippen LogP contribution < -0.4 is 19.7 Å². The Morgan fingerprint density at radius 3 is 2.32 bits per heavy atom. The van der Waals surface area contributed by atoms with Crippen LogP contribution in [0, 0.1) is 0 Å². The number of hydrogen-bond acceptors (Lipinski definition) is 5. The minimum Gasteiger partial charge on any atom is -0.493 e. The highest BCUT2D eigenvalue weighted by Gasteiger charge is 2.36. The fourth-order valence-electron chi connectivity index (χ4n) is 4.46. The maximum Gasteiger partial charge on any atom is 0.294 e. The van der Waals surface area contributed by atoms with Crippen LogP contribution in [0.5, 0.6) is 11.5 Å². The van der Waals surface area contributed by atoms with Gasteiger partial charge in [-0.15, -0.1) is 0 Å². The number of hydrogen-bond donors (Lipinski definition) is 1. The van der Waals surface area contributed by atoms with Gasteiger partial charge >= 0.3 is 0 Å². The summed E-state index contributed by atoms with van der Waals surface area (Å²) in [4.78, 5) is 29.0. The van der Waals surface area contributed by atoms with E-state index in [4.69, 9.17) is 13.9 Å².